The molecule has 3 aromatic rings. The molecule has 93 valence electrons. The van der Waals surface area contributed by atoms with Gasteiger partial charge in [0.2, 0.25) is 0 Å². The van der Waals surface area contributed by atoms with Gasteiger partial charge in [-0.25, -0.2) is 15.0 Å². The first-order valence-electron chi connectivity index (χ1n) is 5.44. The number of hydrogen-bond acceptors (Lipinski definition) is 3. The molecule has 0 fully saturated rings. The Balaban J connectivity index is 2.21. The van der Waals surface area contributed by atoms with Crippen molar-refractivity contribution in [3.8, 4) is 22.6 Å². The van der Waals surface area contributed by atoms with E-state index in [-0.39, 0.29) is 0 Å². The second-order valence-corrected chi connectivity index (χ2v) is 5.12. The Labute approximate surface area is 123 Å². The molecular formula is C13H7BrClN4. The number of benzene rings is 1. The molecule has 0 aliphatic rings. The summed E-state index contributed by atoms with van der Waals surface area (Å²) in [7, 11) is 0. The molecule has 0 aliphatic carbocycles. The quantitative estimate of drug-likeness (QED) is 0.776. The summed E-state index contributed by atoms with van der Waals surface area (Å²) in [5.74, 6) is 0.697. The topological polar surface area (TPSA) is 54.5 Å². The number of nitrogens with zero attached hydrogens (tertiary/aromatic N) is 3. The Bertz CT molecular complexity index is 712. The summed E-state index contributed by atoms with van der Waals surface area (Å²) in [6.07, 6.45) is 7.69. The van der Waals surface area contributed by atoms with Crippen molar-refractivity contribution in [2.24, 2.45) is 0 Å². The van der Waals surface area contributed by atoms with Crippen molar-refractivity contribution in [3.05, 3.63) is 52.6 Å². The minimum atomic E-state index is 0.606. The van der Waals surface area contributed by atoms with Gasteiger partial charge in [0, 0.05) is 28.6 Å². The number of halogens is 2. The minimum Gasteiger partial charge on any atom is -0.345 e. The van der Waals surface area contributed by atoms with Crippen LogP contribution in [0.1, 0.15) is 0 Å². The summed E-state index contributed by atoms with van der Waals surface area (Å²) >= 11 is 9.65. The second kappa shape index (κ2) is 5.11. The van der Waals surface area contributed by atoms with Gasteiger partial charge >= 0.3 is 0 Å². The number of rotatable bonds is 2. The van der Waals surface area contributed by atoms with E-state index >= 15 is 0 Å². The molecule has 0 spiro atoms. The fraction of sp³-hybridized carbons (Fsp3) is 0. The lowest BCUT2D eigenvalue weighted by Gasteiger charge is -2.07. The van der Waals surface area contributed by atoms with Gasteiger partial charge in [-0.3, -0.25) is 0 Å². The van der Waals surface area contributed by atoms with Crippen LogP contribution in [-0.2, 0) is 0 Å². The van der Waals surface area contributed by atoms with Crippen LogP contribution in [0.4, 0.5) is 0 Å². The summed E-state index contributed by atoms with van der Waals surface area (Å²) < 4.78 is 0.916. The van der Waals surface area contributed by atoms with Crippen LogP contribution in [0.3, 0.4) is 0 Å². The highest BCUT2D eigenvalue weighted by Crippen LogP contribution is 2.33. The van der Waals surface area contributed by atoms with Crippen LogP contribution in [-0.4, -0.2) is 19.9 Å². The first kappa shape index (κ1) is 12.3. The van der Waals surface area contributed by atoms with Crippen LogP contribution < -0.4 is 0 Å². The summed E-state index contributed by atoms with van der Waals surface area (Å²) in [5.41, 5.74) is 2.30. The predicted octanol–water partition coefficient (Wildman–Crippen LogP) is 3.75. The molecular weight excluding hydrogens is 328 g/mol. The minimum absolute atomic E-state index is 0.606. The molecule has 1 radical (unpaired) electrons. The van der Waals surface area contributed by atoms with Gasteiger partial charge < -0.3 is 4.98 Å². The highest BCUT2D eigenvalue weighted by molar-refractivity contribution is 9.10. The zero-order chi connectivity index (χ0) is 13.2. The Hall–Kier alpha value is -1.72. The first-order chi connectivity index (χ1) is 9.25. The molecule has 3 rings (SSSR count). The zero-order valence-corrected chi connectivity index (χ0v) is 11.9. The van der Waals surface area contributed by atoms with E-state index in [9.17, 15) is 0 Å². The molecule has 2 heterocycles. The summed E-state index contributed by atoms with van der Waals surface area (Å²) in [6, 6.07) is 5.63. The van der Waals surface area contributed by atoms with Gasteiger partial charge in [-0.05, 0) is 12.1 Å². The average molecular weight is 335 g/mol. The predicted molar refractivity (Wildman–Crippen MR) is 76.6 cm³/mol. The van der Waals surface area contributed by atoms with Crippen LogP contribution in [0, 0.1) is 6.33 Å². The molecule has 0 atom stereocenters. The van der Waals surface area contributed by atoms with Gasteiger partial charge in [-0.2, -0.15) is 0 Å². The molecule has 1 N–H and O–H groups in total. The van der Waals surface area contributed by atoms with E-state index in [1.165, 1.54) is 0 Å². The first-order valence-corrected chi connectivity index (χ1v) is 6.61. The van der Waals surface area contributed by atoms with Crippen molar-refractivity contribution in [2.45, 2.75) is 0 Å². The summed E-state index contributed by atoms with van der Waals surface area (Å²) in [4.78, 5) is 15.4. The fourth-order valence-corrected chi connectivity index (χ4v) is 2.53. The molecule has 19 heavy (non-hydrogen) atoms. The number of nitrogens with one attached hydrogen (secondary N) is 1. The summed E-state index contributed by atoms with van der Waals surface area (Å²) in [6.45, 7) is 0. The Morgan fingerprint density at radius 1 is 1.26 bits per heavy atom. The number of aromatic amines is 1. The molecule has 0 bridgehead atoms. The van der Waals surface area contributed by atoms with Gasteiger partial charge in [0.1, 0.15) is 5.82 Å². The maximum atomic E-state index is 6.26. The summed E-state index contributed by atoms with van der Waals surface area (Å²) in [5, 5.41) is 0.606. The van der Waals surface area contributed by atoms with E-state index in [1.54, 1.807) is 18.6 Å². The lowest BCUT2D eigenvalue weighted by atomic mass is 10.1. The third kappa shape index (κ3) is 2.39. The highest BCUT2D eigenvalue weighted by atomic mass is 79.9. The molecule has 0 amide bonds. The van der Waals surface area contributed by atoms with Gasteiger partial charge in [-0.1, -0.05) is 33.6 Å². The number of H-pyrrole nitrogens is 1. The van der Waals surface area contributed by atoms with E-state index in [2.05, 4.69) is 42.2 Å². The third-order valence-corrected chi connectivity index (χ3v) is 3.41. The zero-order valence-electron chi connectivity index (χ0n) is 9.56. The molecule has 0 aliphatic heterocycles. The Morgan fingerprint density at radius 2 is 2.16 bits per heavy atom. The van der Waals surface area contributed by atoms with Gasteiger partial charge in [0.05, 0.1) is 16.3 Å². The maximum Gasteiger partial charge on any atom is 0.198 e. The highest BCUT2D eigenvalue weighted by Gasteiger charge is 2.13. The van der Waals surface area contributed by atoms with E-state index in [1.807, 2.05) is 18.2 Å². The normalized spacial score (nSPS) is 10.6. The molecule has 0 unspecified atom stereocenters. The Kier molecular flexibility index (Phi) is 3.31. The molecule has 2 aromatic heterocycles. The lowest BCUT2D eigenvalue weighted by molar-refractivity contribution is 1.14. The fourth-order valence-electron chi connectivity index (χ4n) is 1.77. The molecule has 6 heteroatoms. The number of imidazole rings is 1. The van der Waals surface area contributed by atoms with Crippen molar-refractivity contribution in [2.75, 3.05) is 0 Å². The van der Waals surface area contributed by atoms with Crippen molar-refractivity contribution in [1.29, 1.82) is 0 Å². The maximum absolute atomic E-state index is 6.26. The van der Waals surface area contributed by atoms with Crippen LogP contribution in [0.25, 0.3) is 22.6 Å². The van der Waals surface area contributed by atoms with Crippen LogP contribution in [0.5, 0.6) is 0 Å². The van der Waals surface area contributed by atoms with Crippen LogP contribution in [0.15, 0.2) is 41.3 Å². The number of aromatic nitrogens is 4. The van der Waals surface area contributed by atoms with Crippen molar-refractivity contribution >= 4 is 27.5 Å². The van der Waals surface area contributed by atoms with E-state index < -0.39 is 0 Å². The van der Waals surface area contributed by atoms with Gasteiger partial charge in [0.15, 0.2) is 6.33 Å². The van der Waals surface area contributed by atoms with Crippen LogP contribution in [0.2, 0.25) is 5.02 Å². The smallest absolute Gasteiger partial charge is 0.198 e. The van der Waals surface area contributed by atoms with Crippen molar-refractivity contribution < 1.29 is 0 Å². The SMILES string of the molecule is Clc1cc(Br)ccc1-c1n[c]ncc1-c1ncc[nH]1. The Morgan fingerprint density at radius 3 is 2.89 bits per heavy atom. The van der Waals surface area contributed by atoms with E-state index in [4.69, 9.17) is 11.6 Å². The molecule has 4 nitrogen and oxygen atoms in total. The van der Waals surface area contributed by atoms with Gasteiger partial charge in [-0.15, -0.1) is 0 Å². The average Bonchev–Trinajstić information content (AvgIpc) is 2.93. The van der Waals surface area contributed by atoms with E-state index in [0.29, 0.717) is 16.5 Å². The van der Waals surface area contributed by atoms with Crippen molar-refractivity contribution in [3.63, 3.8) is 0 Å². The molecule has 0 saturated carbocycles. The largest absolute Gasteiger partial charge is 0.345 e. The standard InChI is InChI=1S/C13H7BrClN4/c14-8-1-2-9(11(15)5-8)12-10(6-16-7-19-12)13-17-3-4-18-13/h1-6H,(H,17,18). The van der Waals surface area contributed by atoms with Crippen molar-refractivity contribution in [1.82, 2.24) is 19.9 Å². The second-order valence-electron chi connectivity index (χ2n) is 3.79. The monoisotopic (exact) mass is 333 g/mol. The van der Waals surface area contributed by atoms with Crippen LogP contribution >= 0.6 is 27.5 Å². The molecule has 0 saturated heterocycles. The molecule has 1 aromatic carbocycles. The third-order valence-electron chi connectivity index (χ3n) is 2.61. The van der Waals surface area contributed by atoms with E-state index in [0.717, 1.165) is 15.6 Å². The number of hydrogen-bond donors (Lipinski definition) is 1. The van der Waals surface area contributed by atoms with Gasteiger partial charge in [0.25, 0.3) is 0 Å². The lowest BCUT2D eigenvalue weighted by Crippen LogP contribution is -1.93.